The second-order valence-corrected chi connectivity index (χ2v) is 3.22. The first kappa shape index (κ1) is 10.1. The third kappa shape index (κ3) is 3.10. The monoisotopic (exact) mass is 196 g/mol. The van der Waals surface area contributed by atoms with Gasteiger partial charge in [-0.1, -0.05) is 12.1 Å². The van der Waals surface area contributed by atoms with Gasteiger partial charge in [0.1, 0.15) is 0 Å². The molecule has 3 nitrogen and oxygen atoms in total. The van der Waals surface area contributed by atoms with Crippen LogP contribution in [0, 0.1) is 0 Å². The van der Waals surface area contributed by atoms with Gasteiger partial charge in [0, 0.05) is 6.54 Å². The van der Waals surface area contributed by atoms with Crippen LogP contribution in [0.2, 0.25) is 0 Å². The number of hydrogen-bond donors (Lipinski definition) is 2. The summed E-state index contributed by atoms with van der Waals surface area (Å²) in [5.74, 6) is 0. The van der Waals surface area contributed by atoms with Crippen molar-refractivity contribution in [3.8, 4) is 0 Å². The fourth-order valence-electron chi connectivity index (χ4n) is 0.803. The molecule has 13 heavy (non-hydrogen) atoms. The Morgan fingerprint density at radius 1 is 1.38 bits per heavy atom. The number of fused-ring (bicyclic) bond motifs is 1. The molecule has 0 bridgehead atoms. The molecule has 0 atom stereocenters. The second kappa shape index (κ2) is 5.64. The van der Waals surface area contributed by atoms with Gasteiger partial charge < -0.3 is 10.8 Å². The number of nitrogens with two attached hydrogens (primary N) is 1. The van der Waals surface area contributed by atoms with Crippen LogP contribution in [0.15, 0.2) is 29.8 Å². The Hall–Kier alpha value is -0.970. The minimum atomic E-state index is 0.0972. The lowest BCUT2D eigenvalue weighted by Gasteiger charge is -1.80. The average molecular weight is 196 g/mol. The van der Waals surface area contributed by atoms with Crippen LogP contribution in [0.1, 0.15) is 0 Å². The highest BCUT2D eigenvalue weighted by atomic mass is 32.1. The van der Waals surface area contributed by atoms with Gasteiger partial charge in [-0.05, 0) is 12.1 Å². The number of hydrogen-bond acceptors (Lipinski definition) is 4. The summed E-state index contributed by atoms with van der Waals surface area (Å²) in [4.78, 5) is 4.14. The first-order valence-electron chi connectivity index (χ1n) is 3.97. The van der Waals surface area contributed by atoms with Crippen molar-refractivity contribution in [1.82, 2.24) is 4.98 Å². The summed E-state index contributed by atoms with van der Waals surface area (Å²) < 4.78 is 1.26. The van der Waals surface area contributed by atoms with Crippen LogP contribution >= 0.6 is 11.3 Å². The molecule has 0 radical (unpaired) electrons. The van der Waals surface area contributed by atoms with E-state index in [0.29, 0.717) is 6.54 Å². The Morgan fingerprint density at radius 3 is 2.69 bits per heavy atom. The van der Waals surface area contributed by atoms with Crippen molar-refractivity contribution in [1.29, 1.82) is 0 Å². The number of thiazole rings is 1. The molecule has 0 fully saturated rings. The number of para-hydroxylation sites is 1. The normalized spacial score (nSPS) is 9.38. The minimum absolute atomic E-state index is 0.0972. The van der Waals surface area contributed by atoms with E-state index in [0.717, 1.165) is 5.52 Å². The molecule has 0 aliphatic rings. The zero-order valence-corrected chi connectivity index (χ0v) is 8.00. The number of benzene rings is 1. The fourth-order valence-corrected chi connectivity index (χ4v) is 1.48. The zero-order valence-electron chi connectivity index (χ0n) is 7.18. The Bertz CT molecular complexity index is 316. The van der Waals surface area contributed by atoms with E-state index in [2.05, 4.69) is 11.1 Å². The Kier molecular flexibility index (Phi) is 4.39. The van der Waals surface area contributed by atoms with Crippen molar-refractivity contribution in [2.75, 3.05) is 13.2 Å². The van der Waals surface area contributed by atoms with E-state index >= 15 is 0 Å². The van der Waals surface area contributed by atoms with E-state index in [1.54, 1.807) is 11.3 Å². The van der Waals surface area contributed by atoms with Gasteiger partial charge >= 0.3 is 0 Å². The van der Waals surface area contributed by atoms with Crippen molar-refractivity contribution in [3.05, 3.63) is 29.8 Å². The highest BCUT2D eigenvalue weighted by molar-refractivity contribution is 7.16. The zero-order chi connectivity index (χ0) is 9.52. The third-order valence-electron chi connectivity index (χ3n) is 1.37. The van der Waals surface area contributed by atoms with Crippen LogP contribution in [0.3, 0.4) is 0 Å². The predicted octanol–water partition coefficient (Wildman–Crippen LogP) is 1.23. The van der Waals surface area contributed by atoms with Crippen LogP contribution in [0.5, 0.6) is 0 Å². The molecule has 0 saturated heterocycles. The number of aliphatic hydroxyl groups is 1. The van der Waals surface area contributed by atoms with Crippen molar-refractivity contribution in [3.63, 3.8) is 0 Å². The highest BCUT2D eigenvalue weighted by Gasteiger charge is 1.89. The summed E-state index contributed by atoms with van der Waals surface area (Å²) in [5.41, 5.74) is 7.74. The van der Waals surface area contributed by atoms with E-state index in [4.69, 9.17) is 10.8 Å². The SMILES string of the molecule is NCCO.c1ccc2scnc2c1. The summed E-state index contributed by atoms with van der Waals surface area (Å²) in [5, 5.41) is 7.75. The van der Waals surface area contributed by atoms with Crippen molar-refractivity contribution < 1.29 is 5.11 Å². The quantitative estimate of drug-likeness (QED) is 0.721. The summed E-state index contributed by atoms with van der Waals surface area (Å²) in [7, 11) is 0. The highest BCUT2D eigenvalue weighted by Crippen LogP contribution is 2.15. The van der Waals surface area contributed by atoms with Gasteiger partial charge in [0.05, 0.1) is 22.3 Å². The molecule has 3 N–H and O–H groups in total. The molecule has 1 aromatic carbocycles. The molecule has 0 unspecified atom stereocenters. The minimum Gasteiger partial charge on any atom is -0.395 e. The largest absolute Gasteiger partial charge is 0.395 e. The molecule has 2 rings (SSSR count). The summed E-state index contributed by atoms with van der Waals surface area (Å²) in [6.07, 6.45) is 0. The molecule has 0 spiro atoms. The van der Waals surface area contributed by atoms with E-state index in [-0.39, 0.29) is 6.61 Å². The molecule has 1 aromatic heterocycles. The maximum atomic E-state index is 7.75. The van der Waals surface area contributed by atoms with Crippen LogP contribution in [0.4, 0.5) is 0 Å². The lowest BCUT2D eigenvalue weighted by atomic mass is 10.3. The first-order chi connectivity index (χ1) is 6.38. The lowest BCUT2D eigenvalue weighted by Crippen LogP contribution is -2.02. The van der Waals surface area contributed by atoms with Gasteiger partial charge in [-0.25, -0.2) is 4.98 Å². The van der Waals surface area contributed by atoms with Crippen molar-refractivity contribution >= 4 is 21.6 Å². The summed E-state index contributed by atoms with van der Waals surface area (Å²) >= 11 is 1.68. The molecule has 4 heteroatoms. The average Bonchev–Trinajstić information content (AvgIpc) is 2.66. The maximum Gasteiger partial charge on any atom is 0.0812 e. The second-order valence-electron chi connectivity index (χ2n) is 2.33. The molecule has 0 saturated carbocycles. The standard InChI is InChI=1S/C7H5NS.C2H7NO/c1-2-4-7-6(3-1)8-5-9-7;3-1-2-4/h1-5H;4H,1-3H2. The Labute approximate surface area is 80.8 Å². The van der Waals surface area contributed by atoms with E-state index < -0.39 is 0 Å². The summed E-state index contributed by atoms with van der Waals surface area (Å²) in [6.45, 7) is 0.472. The predicted molar refractivity (Wildman–Crippen MR) is 55.8 cm³/mol. The molecule has 0 aliphatic heterocycles. The van der Waals surface area contributed by atoms with E-state index in [1.807, 2.05) is 23.7 Å². The molecule has 1 heterocycles. The van der Waals surface area contributed by atoms with Gasteiger partial charge in [-0.2, -0.15) is 0 Å². The lowest BCUT2D eigenvalue weighted by molar-refractivity contribution is 0.306. The molecule has 70 valence electrons. The van der Waals surface area contributed by atoms with Crippen LogP contribution < -0.4 is 5.73 Å². The molecule has 0 aliphatic carbocycles. The Morgan fingerprint density at radius 2 is 2.08 bits per heavy atom. The number of aliphatic hydroxyl groups excluding tert-OH is 1. The van der Waals surface area contributed by atoms with Crippen molar-refractivity contribution in [2.45, 2.75) is 0 Å². The third-order valence-corrected chi connectivity index (χ3v) is 2.18. The number of rotatable bonds is 1. The van der Waals surface area contributed by atoms with Crippen LogP contribution in [-0.4, -0.2) is 23.2 Å². The fraction of sp³-hybridized carbons (Fsp3) is 0.222. The first-order valence-corrected chi connectivity index (χ1v) is 4.85. The van der Waals surface area contributed by atoms with E-state index in [9.17, 15) is 0 Å². The number of aromatic nitrogens is 1. The van der Waals surface area contributed by atoms with Gasteiger partial charge in [0.25, 0.3) is 0 Å². The van der Waals surface area contributed by atoms with Crippen molar-refractivity contribution in [2.24, 2.45) is 5.73 Å². The molecule has 2 aromatic rings. The maximum absolute atomic E-state index is 7.75. The van der Waals surface area contributed by atoms with Gasteiger partial charge in [-0.3, -0.25) is 0 Å². The Balaban J connectivity index is 0.000000184. The van der Waals surface area contributed by atoms with Gasteiger partial charge in [-0.15, -0.1) is 11.3 Å². The van der Waals surface area contributed by atoms with Gasteiger partial charge in [0.15, 0.2) is 0 Å². The summed E-state index contributed by atoms with van der Waals surface area (Å²) in [6, 6.07) is 8.13. The van der Waals surface area contributed by atoms with E-state index in [1.165, 1.54) is 4.70 Å². The molecular weight excluding hydrogens is 184 g/mol. The topological polar surface area (TPSA) is 59.1 Å². The van der Waals surface area contributed by atoms with Crippen LogP contribution in [0.25, 0.3) is 10.2 Å². The molecular formula is C9H12N2OS. The van der Waals surface area contributed by atoms with Crippen LogP contribution in [-0.2, 0) is 0 Å². The molecule has 0 amide bonds. The van der Waals surface area contributed by atoms with Gasteiger partial charge in [0.2, 0.25) is 0 Å². The smallest absolute Gasteiger partial charge is 0.0812 e. The number of nitrogens with zero attached hydrogens (tertiary/aromatic N) is 1.